The Morgan fingerprint density at radius 1 is 1.00 bits per heavy atom. The van der Waals surface area contributed by atoms with Gasteiger partial charge in [0.05, 0.1) is 0 Å². The molecule has 0 amide bonds. The first-order chi connectivity index (χ1) is 8.50. The van der Waals surface area contributed by atoms with Crippen molar-refractivity contribution >= 4 is 0 Å². The SMILES string of the molecule is Cc1cc(C(C)(C)C)cc(C)c1C(N)C(C)(C)CN. The van der Waals surface area contributed by atoms with E-state index in [1.807, 2.05) is 0 Å². The molecule has 1 atom stereocenters. The molecule has 0 aliphatic carbocycles. The van der Waals surface area contributed by atoms with E-state index < -0.39 is 0 Å². The van der Waals surface area contributed by atoms with Gasteiger partial charge < -0.3 is 11.5 Å². The van der Waals surface area contributed by atoms with Crippen LogP contribution >= 0.6 is 0 Å². The van der Waals surface area contributed by atoms with Gasteiger partial charge in [-0.3, -0.25) is 0 Å². The summed E-state index contributed by atoms with van der Waals surface area (Å²) in [4.78, 5) is 0. The van der Waals surface area contributed by atoms with Crippen LogP contribution in [0.1, 0.15) is 62.9 Å². The van der Waals surface area contributed by atoms with Crippen molar-refractivity contribution in [3.8, 4) is 0 Å². The minimum absolute atomic E-state index is 0.0217. The van der Waals surface area contributed by atoms with Crippen LogP contribution < -0.4 is 11.5 Å². The highest BCUT2D eigenvalue weighted by molar-refractivity contribution is 5.42. The van der Waals surface area contributed by atoms with E-state index in [1.54, 1.807) is 0 Å². The highest BCUT2D eigenvalue weighted by Gasteiger charge is 2.29. The lowest BCUT2D eigenvalue weighted by molar-refractivity contribution is 0.299. The van der Waals surface area contributed by atoms with Crippen LogP contribution in [-0.4, -0.2) is 6.54 Å². The van der Waals surface area contributed by atoms with Crippen molar-refractivity contribution in [2.24, 2.45) is 16.9 Å². The molecule has 0 aromatic heterocycles. The fourth-order valence-corrected chi connectivity index (χ4v) is 2.42. The molecule has 0 saturated carbocycles. The zero-order valence-corrected chi connectivity index (χ0v) is 13.6. The Kier molecular flexibility index (Phi) is 4.48. The first-order valence-electron chi connectivity index (χ1n) is 7.08. The molecular weight excluding hydrogens is 232 g/mol. The standard InChI is InChI=1S/C17H30N2/c1-11-8-13(16(3,4)5)9-12(2)14(11)15(19)17(6,7)10-18/h8-9,15H,10,18-19H2,1-7H3. The molecule has 0 radical (unpaired) electrons. The molecule has 4 N–H and O–H groups in total. The van der Waals surface area contributed by atoms with E-state index in [9.17, 15) is 0 Å². The molecule has 1 aromatic carbocycles. The second-order valence-corrected chi connectivity index (χ2v) is 7.44. The number of hydrogen-bond acceptors (Lipinski definition) is 2. The summed E-state index contributed by atoms with van der Waals surface area (Å²) in [5, 5.41) is 0. The van der Waals surface area contributed by atoms with E-state index in [4.69, 9.17) is 11.5 Å². The Morgan fingerprint density at radius 3 is 1.74 bits per heavy atom. The highest BCUT2D eigenvalue weighted by Crippen LogP contribution is 2.36. The number of rotatable bonds is 3. The van der Waals surface area contributed by atoms with Crippen LogP contribution in [0.2, 0.25) is 0 Å². The maximum Gasteiger partial charge on any atom is 0.0364 e. The first-order valence-corrected chi connectivity index (χ1v) is 7.08. The number of nitrogens with two attached hydrogens (primary N) is 2. The lowest BCUT2D eigenvalue weighted by Crippen LogP contribution is -2.36. The molecule has 0 spiro atoms. The summed E-state index contributed by atoms with van der Waals surface area (Å²) in [6, 6.07) is 4.52. The lowest BCUT2D eigenvalue weighted by atomic mass is 9.76. The normalized spacial score (nSPS) is 14.6. The van der Waals surface area contributed by atoms with Gasteiger partial charge in [0.2, 0.25) is 0 Å². The van der Waals surface area contributed by atoms with E-state index in [0.717, 1.165) is 0 Å². The summed E-state index contributed by atoms with van der Waals surface area (Å²) in [6.45, 7) is 15.9. The molecule has 0 fully saturated rings. The molecule has 0 aliphatic heterocycles. The number of benzene rings is 1. The lowest BCUT2D eigenvalue weighted by Gasteiger charge is -2.33. The third-order valence-electron chi connectivity index (χ3n) is 4.14. The third kappa shape index (κ3) is 3.37. The van der Waals surface area contributed by atoms with Crippen molar-refractivity contribution in [1.82, 2.24) is 0 Å². The average Bonchev–Trinajstić information content (AvgIpc) is 2.26. The second kappa shape index (κ2) is 5.26. The average molecular weight is 262 g/mol. The van der Waals surface area contributed by atoms with Crippen molar-refractivity contribution in [1.29, 1.82) is 0 Å². The van der Waals surface area contributed by atoms with Crippen molar-refractivity contribution in [2.45, 2.75) is 59.9 Å². The molecule has 1 aromatic rings. The summed E-state index contributed by atoms with van der Waals surface area (Å²) >= 11 is 0. The van der Waals surface area contributed by atoms with Crippen LogP contribution in [0.3, 0.4) is 0 Å². The summed E-state index contributed by atoms with van der Waals surface area (Å²) in [5.41, 5.74) is 17.6. The summed E-state index contributed by atoms with van der Waals surface area (Å²) in [7, 11) is 0. The van der Waals surface area contributed by atoms with Gasteiger partial charge in [-0.15, -0.1) is 0 Å². The van der Waals surface area contributed by atoms with Crippen LogP contribution in [0.5, 0.6) is 0 Å². The van der Waals surface area contributed by atoms with Crippen molar-refractivity contribution < 1.29 is 0 Å². The van der Waals surface area contributed by atoms with Gasteiger partial charge >= 0.3 is 0 Å². The fraction of sp³-hybridized carbons (Fsp3) is 0.647. The quantitative estimate of drug-likeness (QED) is 0.874. The van der Waals surface area contributed by atoms with E-state index in [0.29, 0.717) is 6.54 Å². The Morgan fingerprint density at radius 2 is 1.42 bits per heavy atom. The van der Waals surface area contributed by atoms with Gasteiger partial charge in [0, 0.05) is 6.04 Å². The fourth-order valence-electron chi connectivity index (χ4n) is 2.42. The highest BCUT2D eigenvalue weighted by atomic mass is 14.7. The summed E-state index contributed by atoms with van der Waals surface area (Å²) in [6.07, 6.45) is 0. The van der Waals surface area contributed by atoms with Gasteiger partial charge in [0.1, 0.15) is 0 Å². The van der Waals surface area contributed by atoms with Gasteiger partial charge in [-0.2, -0.15) is 0 Å². The van der Waals surface area contributed by atoms with Crippen molar-refractivity contribution in [3.63, 3.8) is 0 Å². The van der Waals surface area contributed by atoms with Gasteiger partial charge in [-0.1, -0.05) is 46.8 Å². The molecule has 1 rings (SSSR count). The zero-order chi connectivity index (χ0) is 15.0. The van der Waals surface area contributed by atoms with E-state index >= 15 is 0 Å². The minimum Gasteiger partial charge on any atom is -0.330 e. The summed E-state index contributed by atoms with van der Waals surface area (Å²) in [5.74, 6) is 0. The van der Waals surface area contributed by atoms with E-state index in [-0.39, 0.29) is 16.9 Å². The van der Waals surface area contributed by atoms with Crippen molar-refractivity contribution in [2.75, 3.05) is 6.54 Å². The molecule has 108 valence electrons. The van der Waals surface area contributed by atoms with E-state index in [2.05, 4.69) is 60.6 Å². The van der Waals surface area contributed by atoms with Crippen LogP contribution in [-0.2, 0) is 5.41 Å². The Balaban J connectivity index is 3.33. The molecule has 0 heterocycles. The molecule has 0 saturated heterocycles. The Hall–Kier alpha value is -0.860. The molecular formula is C17H30N2. The Labute approximate surface area is 118 Å². The second-order valence-electron chi connectivity index (χ2n) is 7.44. The third-order valence-corrected chi connectivity index (χ3v) is 4.14. The van der Waals surface area contributed by atoms with Gasteiger partial charge in [0.25, 0.3) is 0 Å². The predicted octanol–water partition coefficient (Wildman–Crippen LogP) is 3.59. The van der Waals surface area contributed by atoms with E-state index in [1.165, 1.54) is 22.3 Å². The molecule has 0 bridgehead atoms. The maximum absolute atomic E-state index is 6.46. The van der Waals surface area contributed by atoms with Crippen LogP contribution in [0.15, 0.2) is 12.1 Å². The monoisotopic (exact) mass is 262 g/mol. The van der Waals surface area contributed by atoms with Crippen LogP contribution in [0.4, 0.5) is 0 Å². The predicted molar refractivity (Wildman–Crippen MR) is 84.4 cm³/mol. The molecule has 2 heteroatoms. The Bertz CT molecular complexity index is 430. The number of aryl methyl sites for hydroxylation is 2. The van der Waals surface area contributed by atoms with Gasteiger partial charge in [-0.25, -0.2) is 0 Å². The van der Waals surface area contributed by atoms with Crippen LogP contribution in [0, 0.1) is 19.3 Å². The largest absolute Gasteiger partial charge is 0.330 e. The van der Waals surface area contributed by atoms with Gasteiger partial charge in [-0.05, 0) is 53.5 Å². The van der Waals surface area contributed by atoms with Gasteiger partial charge in [0.15, 0.2) is 0 Å². The minimum atomic E-state index is -0.0846. The molecule has 0 aliphatic rings. The first kappa shape index (κ1) is 16.2. The zero-order valence-electron chi connectivity index (χ0n) is 13.6. The molecule has 2 nitrogen and oxygen atoms in total. The maximum atomic E-state index is 6.46. The smallest absolute Gasteiger partial charge is 0.0364 e. The van der Waals surface area contributed by atoms with Crippen LogP contribution in [0.25, 0.3) is 0 Å². The molecule has 1 unspecified atom stereocenters. The van der Waals surface area contributed by atoms with Crippen molar-refractivity contribution in [3.05, 3.63) is 34.4 Å². The molecule has 19 heavy (non-hydrogen) atoms. The topological polar surface area (TPSA) is 52.0 Å². The number of hydrogen-bond donors (Lipinski definition) is 2. The summed E-state index contributed by atoms with van der Waals surface area (Å²) < 4.78 is 0.